The standard InChI is InChI=1S/C11H14Cl6Si2/c1-7-4-5-10(8(2)18(12,13)14)11(6-7)9(3)19(15,16)17/h4-6,8-9H,1-3H3. The van der Waals surface area contributed by atoms with Gasteiger partial charge in [-0.3, -0.25) is 0 Å². The summed E-state index contributed by atoms with van der Waals surface area (Å²) in [4.78, 5) is 0. The molecule has 0 aromatic heterocycles. The second-order valence-corrected chi connectivity index (χ2v) is 22.8. The van der Waals surface area contributed by atoms with E-state index in [4.69, 9.17) is 66.5 Å². The lowest BCUT2D eigenvalue weighted by Gasteiger charge is -2.26. The summed E-state index contributed by atoms with van der Waals surface area (Å²) in [6.45, 7) is 5.83. The summed E-state index contributed by atoms with van der Waals surface area (Å²) < 4.78 is 0. The third-order valence-corrected chi connectivity index (χ3v) is 11.6. The van der Waals surface area contributed by atoms with Gasteiger partial charge in [-0.2, -0.15) is 0 Å². The van der Waals surface area contributed by atoms with Gasteiger partial charge in [0.2, 0.25) is 0 Å². The van der Waals surface area contributed by atoms with Crippen molar-refractivity contribution in [3.63, 3.8) is 0 Å². The van der Waals surface area contributed by atoms with Crippen molar-refractivity contribution >= 4 is 78.5 Å². The van der Waals surface area contributed by atoms with Gasteiger partial charge in [0.1, 0.15) is 0 Å². The summed E-state index contributed by atoms with van der Waals surface area (Å²) in [6, 6.07) is 0.284. The molecule has 0 bridgehead atoms. The Morgan fingerprint density at radius 2 is 1.21 bits per heavy atom. The van der Waals surface area contributed by atoms with E-state index in [1.807, 2.05) is 39.0 Å². The van der Waals surface area contributed by atoms with Crippen molar-refractivity contribution in [3.8, 4) is 0 Å². The molecule has 2 unspecified atom stereocenters. The number of aryl methyl sites for hydroxylation is 1. The zero-order chi connectivity index (χ0) is 15.0. The van der Waals surface area contributed by atoms with E-state index in [0.29, 0.717) is 0 Å². The average molecular weight is 415 g/mol. The summed E-state index contributed by atoms with van der Waals surface area (Å²) >= 11 is 36.8. The number of hydrogen-bond donors (Lipinski definition) is 0. The molecule has 1 aromatic rings. The minimum absolute atomic E-state index is 0.142. The topological polar surface area (TPSA) is 0 Å². The van der Waals surface area contributed by atoms with Crippen molar-refractivity contribution in [1.82, 2.24) is 0 Å². The molecule has 0 amide bonds. The second kappa shape index (κ2) is 6.66. The molecular weight excluding hydrogens is 401 g/mol. The number of benzene rings is 1. The Hall–Kier alpha value is 1.39. The van der Waals surface area contributed by atoms with Gasteiger partial charge in [0, 0.05) is 11.1 Å². The van der Waals surface area contributed by atoms with Gasteiger partial charge in [0.25, 0.3) is 0 Å². The maximum atomic E-state index is 6.14. The highest BCUT2D eigenvalue weighted by molar-refractivity contribution is 7.65. The number of hydrogen-bond acceptors (Lipinski definition) is 0. The highest BCUT2D eigenvalue weighted by Crippen LogP contribution is 2.43. The molecule has 19 heavy (non-hydrogen) atoms. The van der Waals surface area contributed by atoms with Crippen LogP contribution >= 0.6 is 66.5 Å². The van der Waals surface area contributed by atoms with E-state index < -0.39 is 12.0 Å². The Morgan fingerprint density at radius 1 is 0.789 bits per heavy atom. The Morgan fingerprint density at radius 3 is 1.63 bits per heavy atom. The molecule has 0 aliphatic carbocycles. The van der Waals surface area contributed by atoms with E-state index in [1.165, 1.54) is 0 Å². The van der Waals surface area contributed by atoms with Crippen LogP contribution in [0.2, 0.25) is 0 Å². The summed E-state index contributed by atoms with van der Waals surface area (Å²) in [5.41, 5.74) is 2.78. The lowest BCUT2D eigenvalue weighted by Crippen LogP contribution is -2.26. The third kappa shape index (κ3) is 4.96. The molecule has 2 atom stereocenters. The van der Waals surface area contributed by atoms with Gasteiger partial charge < -0.3 is 0 Å². The van der Waals surface area contributed by atoms with Gasteiger partial charge in [-0.1, -0.05) is 37.6 Å². The van der Waals surface area contributed by atoms with Crippen LogP contribution < -0.4 is 0 Å². The van der Waals surface area contributed by atoms with Crippen molar-refractivity contribution in [2.75, 3.05) is 0 Å². The van der Waals surface area contributed by atoms with E-state index in [-0.39, 0.29) is 11.1 Å². The van der Waals surface area contributed by atoms with Gasteiger partial charge in [-0.25, -0.2) is 0 Å². The monoisotopic (exact) mass is 412 g/mol. The van der Waals surface area contributed by atoms with E-state index in [9.17, 15) is 0 Å². The molecule has 0 spiro atoms. The first-order valence-corrected chi connectivity index (χ1v) is 15.9. The van der Waals surface area contributed by atoms with E-state index in [2.05, 4.69) is 0 Å². The van der Waals surface area contributed by atoms with Crippen LogP contribution in [0.3, 0.4) is 0 Å². The highest BCUT2D eigenvalue weighted by atomic mass is 35.8. The number of halogens is 6. The molecule has 1 rings (SSSR count). The van der Waals surface area contributed by atoms with Crippen LogP contribution in [0.25, 0.3) is 0 Å². The summed E-state index contributed by atoms with van der Waals surface area (Å²) in [7, 11) is 0. The highest BCUT2D eigenvalue weighted by Gasteiger charge is 2.40. The Labute approximate surface area is 144 Å². The maximum Gasteiger partial charge on any atom is 0.348 e. The Balaban J connectivity index is 3.34. The predicted molar refractivity (Wildman–Crippen MR) is 94.6 cm³/mol. The molecule has 0 heterocycles. The maximum absolute atomic E-state index is 6.14. The van der Waals surface area contributed by atoms with Gasteiger partial charge >= 0.3 is 12.0 Å². The minimum atomic E-state index is -2.86. The van der Waals surface area contributed by atoms with Gasteiger partial charge in [-0.15, -0.1) is 66.5 Å². The minimum Gasteiger partial charge on any atom is -0.125 e. The summed E-state index contributed by atoms with van der Waals surface area (Å²) in [6.07, 6.45) is 0. The van der Waals surface area contributed by atoms with Gasteiger partial charge in [0.05, 0.1) is 0 Å². The molecule has 108 valence electrons. The van der Waals surface area contributed by atoms with Gasteiger partial charge in [-0.05, 0) is 18.1 Å². The van der Waals surface area contributed by atoms with Crippen LogP contribution in [0.1, 0.15) is 41.6 Å². The van der Waals surface area contributed by atoms with Crippen molar-refractivity contribution in [3.05, 3.63) is 34.9 Å². The largest absolute Gasteiger partial charge is 0.348 e. The van der Waals surface area contributed by atoms with Crippen molar-refractivity contribution in [2.24, 2.45) is 0 Å². The van der Waals surface area contributed by atoms with Crippen LogP contribution in [0, 0.1) is 6.92 Å². The molecule has 0 radical (unpaired) electrons. The normalized spacial score (nSPS) is 16.3. The average Bonchev–Trinajstić information content (AvgIpc) is 2.24. The second-order valence-electron chi connectivity index (χ2n) is 4.66. The molecule has 0 aliphatic rings. The van der Waals surface area contributed by atoms with E-state index in [0.717, 1.165) is 16.7 Å². The first-order valence-electron chi connectivity index (χ1n) is 5.68. The molecular formula is C11H14Cl6Si2. The molecule has 0 nitrogen and oxygen atoms in total. The van der Waals surface area contributed by atoms with Crippen LogP contribution in [0.5, 0.6) is 0 Å². The van der Waals surface area contributed by atoms with Crippen LogP contribution in [-0.2, 0) is 0 Å². The van der Waals surface area contributed by atoms with E-state index >= 15 is 0 Å². The fraction of sp³-hybridized carbons (Fsp3) is 0.455. The summed E-state index contributed by atoms with van der Waals surface area (Å²) in [5, 5.41) is 0. The molecule has 1 aromatic carbocycles. The molecule has 0 aliphatic heterocycles. The van der Waals surface area contributed by atoms with Crippen molar-refractivity contribution in [1.29, 1.82) is 0 Å². The molecule has 8 heteroatoms. The van der Waals surface area contributed by atoms with Crippen molar-refractivity contribution in [2.45, 2.75) is 31.9 Å². The molecule has 0 saturated heterocycles. The third-order valence-electron chi connectivity index (χ3n) is 3.16. The first kappa shape index (κ1) is 18.4. The predicted octanol–water partition coefficient (Wildman–Crippen LogP) is 6.59. The number of rotatable bonds is 4. The fourth-order valence-electron chi connectivity index (χ4n) is 1.82. The Bertz CT molecular complexity index is 451. The quantitative estimate of drug-likeness (QED) is 0.385. The van der Waals surface area contributed by atoms with Crippen LogP contribution in [0.4, 0.5) is 0 Å². The Kier molecular flexibility index (Phi) is 6.46. The molecule has 0 saturated carbocycles. The van der Waals surface area contributed by atoms with Gasteiger partial charge in [0.15, 0.2) is 0 Å². The fourth-order valence-corrected chi connectivity index (χ4v) is 5.15. The molecule has 0 fully saturated rings. The zero-order valence-corrected chi connectivity index (χ0v) is 17.2. The SMILES string of the molecule is Cc1ccc(C(C)[Si](Cl)(Cl)Cl)c(C(C)[Si](Cl)(Cl)Cl)c1. The van der Waals surface area contributed by atoms with E-state index in [1.54, 1.807) is 0 Å². The smallest absolute Gasteiger partial charge is 0.125 e. The zero-order valence-electron chi connectivity index (χ0n) is 10.7. The molecule has 0 N–H and O–H groups in total. The summed E-state index contributed by atoms with van der Waals surface area (Å²) in [5.74, 6) is 0. The van der Waals surface area contributed by atoms with Crippen LogP contribution in [0.15, 0.2) is 18.2 Å². The lowest BCUT2D eigenvalue weighted by atomic mass is 10.00. The first-order chi connectivity index (χ1) is 8.44. The van der Waals surface area contributed by atoms with Crippen molar-refractivity contribution < 1.29 is 0 Å². The van der Waals surface area contributed by atoms with Crippen LogP contribution in [-0.4, -0.2) is 12.0 Å². The lowest BCUT2D eigenvalue weighted by molar-refractivity contribution is 0.965.